The van der Waals surface area contributed by atoms with E-state index in [0.29, 0.717) is 22.6 Å². The molecule has 0 saturated carbocycles. The van der Waals surface area contributed by atoms with Gasteiger partial charge in [0.25, 0.3) is 10.0 Å². The fraction of sp³-hybridized carbons (Fsp3) is 0.0870. The molecule has 0 saturated heterocycles. The summed E-state index contributed by atoms with van der Waals surface area (Å²) in [5, 5.41) is 8.13. The number of nitrogens with zero attached hydrogens (tertiary/aromatic N) is 4. The third-order valence-corrected chi connectivity index (χ3v) is 6.62. The van der Waals surface area contributed by atoms with E-state index in [2.05, 4.69) is 10.3 Å². The van der Waals surface area contributed by atoms with Crippen molar-refractivity contribution in [2.24, 2.45) is 0 Å². The van der Waals surface area contributed by atoms with Crippen LogP contribution in [0.5, 0.6) is 0 Å². The van der Waals surface area contributed by atoms with Crippen molar-refractivity contribution in [3.63, 3.8) is 0 Å². The average molecular weight is 450 g/mol. The van der Waals surface area contributed by atoms with E-state index in [1.165, 1.54) is 40.2 Å². The topological polar surface area (TPSA) is 85.2 Å². The van der Waals surface area contributed by atoms with Crippen LogP contribution in [0.1, 0.15) is 23.0 Å². The van der Waals surface area contributed by atoms with Crippen LogP contribution in [0, 0.1) is 5.82 Å². The molecule has 0 amide bonds. The molecule has 0 aliphatic heterocycles. The van der Waals surface area contributed by atoms with Crippen LogP contribution in [0.15, 0.2) is 90.0 Å². The molecule has 3 aromatic carbocycles. The first-order valence-corrected chi connectivity index (χ1v) is 11.1. The van der Waals surface area contributed by atoms with Gasteiger partial charge in [0, 0.05) is 5.56 Å². The molecular weight excluding hydrogens is 431 g/mol. The highest BCUT2D eigenvalue weighted by Gasteiger charge is 2.26. The monoisotopic (exact) mass is 450 g/mol. The molecule has 1 aromatic heterocycles. The number of hydrogen-bond donors (Lipinski definition) is 0. The van der Waals surface area contributed by atoms with E-state index < -0.39 is 10.0 Å². The number of rotatable bonds is 7. The molecule has 162 valence electrons. The van der Waals surface area contributed by atoms with E-state index in [-0.39, 0.29) is 23.0 Å². The van der Waals surface area contributed by atoms with Gasteiger partial charge in [-0.25, -0.2) is 17.5 Å². The van der Waals surface area contributed by atoms with Crippen molar-refractivity contribution in [3.05, 3.63) is 102 Å². The van der Waals surface area contributed by atoms with Crippen molar-refractivity contribution in [2.45, 2.75) is 18.4 Å². The van der Waals surface area contributed by atoms with Gasteiger partial charge in [0.1, 0.15) is 11.5 Å². The van der Waals surface area contributed by atoms with E-state index in [0.717, 1.165) is 0 Å². The van der Waals surface area contributed by atoms with Gasteiger partial charge in [-0.15, -0.1) is 5.10 Å². The summed E-state index contributed by atoms with van der Waals surface area (Å²) in [6.07, 6.45) is 1.59. The molecule has 0 unspecified atom stereocenters. The fourth-order valence-corrected chi connectivity index (χ4v) is 4.59. The van der Waals surface area contributed by atoms with Gasteiger partial charge < -0.3 is 0 Å². The second kappa shape index (κ2) is 8.72. The number of Topliss-reactive ketones (excluding diaryl/α,β-unsaturated/α-hetero) is 1. The van der Waals surface area contributed by atoms with E-state index in [4.69, 9.17) is 0 Å². The number of halogens is 1. The lowest BCUT2D eigenvalue weighted by Gasteiger charge is -2.23. The van der Waals surface area contributed by atoms with Crippen molar-refractivity contribution in [1.29, 1.82) is 0 Å². The maximum Gasteiger partial charge on any atom is 0.264 e. The van der Waals surface area contributed by atoms with Crippen LogP contribution >= 0.6 is 0 Å². The second-order valence-electron chi connectivity index (χ2n) is 7.06. The molecule has 1 heterocycles. The highest BCUT2D eigenvalue weighted by atomic mass is 32.2. The number of hydrogen-bond acceptors (Lipinski definition) is 5. The zero-order valence-electron chi connectivity index (χ0n) is 17.1. The normalized spacial score (nSPS) is 11.3. The second-order valence-corrected chi connectivity index (χ2v) is 8.92. The maximum absolute atomic E-state index is 13.4. The Hall–Kier alpha value is -3.85. The summed E-state index contributed by atoms with van der Waals surface area (Å²) in [4.78, 5) is 11.7. The molecule has 0 aliphatic rings. The van der Waals surface area contributed by atoms with E-state index >= 15 is 0 Å². The Morgan fingerprint density at radius 1 is 0.969 bits per heavy atom. The van der Waals surface area contributed by atoms with E-state index in [9.17, 15) is 17.6 Å². The van der Waals surface area contributed by atoms with E-state index in [1.807, 2.05) is 0 Å². The van der Waals surface area contributed by atoms with Gasteiger partial charge >= 0.3 is 0 Å². The van der Waals surface area contributed by atoms with Crippen molar-refractivity contribution >= 4 is 21.5 Å². The van der Waals surface area contributed by atoms with Crippen molar-refractivity contribution < 1.29 is 17.6 Å². The number of carbonyl (C=O) groups is 1. The first-order valence-electron chi connectivity index (χ1n) is 9.70. The molecule has 0 aliphatic carbocycles. The SMILES string of the molecule is CC(=O)c1ccc(N(Cc2cn(-c3ccc(F)cc3)nn2)S(=O)(=O)c2ccccc2)cc1. The molecule has 7 nitrogen and oxygen atoms in total. The highest BCUT2D eigenvalue weighted by molar-refractivity contribution is 7.92. The lowest BCUT2D eigenvalue weighted by atomic mass is 10.1. The van der Waals surface area contributed by atoms with Gasteiger partial charge in [-0.05, 0) is 67.6 Å². The summed E-state index contributed by atoms with van der Waals surface area (Å²) in [5.41, 5.74) is 1.85. The lowest BCUT2D eigenvalue weighted by molar-refractivity contribution is 0.101. The van der Waals surface area contributed by atoms with Gasteiger partial charge in [-0.1, -0.05) is 23.4 Å². The molecule has 0 radical (unpaired) electrons. The largest absolute Gasteiger partial charge is 0.295 e. The lowest BCUT2D eigenvalue weighted by Crippen LogP contribution is -2.30. The number of aromatic nitrogens is 3. The molecule has 0 spiro atoms. The molecule has 0 N–H and O–H groups in total. The third kappa shape index (κ3) is 4.42. The van der Waals surface area contributed by atoms with Crippen LogP contribution in [0.25, 0.3) is 5.69 Å². The molecule has 32 heavy (non-hydrogen) atoms. The predicted octanol–water partition coefficient (Wildman–Crippen LogP) is 4.00. The third-order valence-electron chi connectivity index (χ3n) is 4.83. The zero-order valence-corrected chi connectivity index (χ0v) is 17.9. The van der Waals surface area contributed by atoms with Crippen molar-refractivity contribution in [2.75, 3.05) is 4.31 Å². The Morgan fingerprint density at radius 2 is 1.62 bits per heavy atom. The number of benzene rings is 3. The first kappa shape index (κ1) is 21.4. The first-order chi connectivity index (χ1) is 15.3. The highest BCUT2D eigenvalue weighted by Crippen LogP contribution is 2.26. The van der Waals surface area contributed by atoms with Crippen LogP contribution in [0.2, 0.25) is 0 Å². The predicted molar refractivity (Wildman–Crippen MR) is 118 cm³/mol. The summed E-state index contributed by atoms with van der Waals surface area (Å²) in [6, 6.07) is 20.1. The van der Waals surface area contributed by atoms with Gasteiger partial charge in [0.05, 0.1) is 29.0 Å². The standard InChI is InChI=1S/C23H19FN4O3S/c1-17(29)18-7-11-22(12-8-18)28(32(30,31)23-5-3-2-4-6-23)16-20-15-27(26-25-20)21-13-9-19(24)10-14-21/h2-15H,16H2,1H3. The maximum atomic E-state index is 13.4. The molecule has 4 aromatic rings. The van der Waals surface area contributed by atoms with Gasteiger partial charge in [-0.3, -0.25) is 9.10 Å². The summed E-state index contributed by atoms with van der Waals surface area (Å²) in [5.74, 6) is -0.487. The number of anilines is 1. The summed E-state index contributed by atoms with van der Waals surface area (Å²) >= 11 is 0. The van der Waals surface area contributed by atoms with E-state index in [1.54, 1.807) is 60.8 Å². The number of sulfonamides is 1. The van der Waals surface area contributed by atoms with Crippen LogP contribution < -0.4 is 4.31 Å². The van der Waals surface area contributed by atoms with Gasteiger partial charge in [0.15, 0.2) is 5.78 Å². The van der Waals surface area contributed by atoms with Crippen LogP contribution in [-0.2, 0) is 16.6 Å². The summed E-state index contributed by atoms with van der Waals surface area (Å²) in [6.45, 7) is 1.36. The minimum Gasteiger partial charge on any atom is -0.295 e. The Labute approximate surface area is 184 Å². The Bertz CT molecular complexity index is 1340. The molecule has 4 rings (SSSR count). The quantitative estimate of drug-likeness (QED) is 0.397. The average Bonchev–Trinajstić information content (AvgIpc) is 3.27. The van der Waals surface area contributed by atoms with Crippen LogP contribution in [-0.4, -0.2) is 29.2 Å². The smallest absolute Gasteiger partial charge is 0.264 e. The molecule has 0 bridgehead atoms. The van der Waals surface area contributed by atoms with Crippen molar-refractivity contribution in [1.82, 2.24) is 15.0 Å². The fourth-order valence-electron chi connectivity index (χ4n) is 3.14. The molecular formula is C23H19FN4O3S. The van der Waals surface area contributed by atoms with Crippen LogP contribution in [0.4, 0.5) is 10.1 Å². The van der Waals surface area contributed by atoms with Crippen LogP contribution in [0.3, 0.4) is 0 Å². The zero-order chi connectivity index (χ0) is 22.7. The molecule has 9 heteroatoms. The van der Waals surface area contributed by atoms with Gasteiger partial charge in [-0.2, -0.15) is 0 Å². The Balaban J connectivity index is 1.71. The summed E-state index contributed by atoms with van der Waals surface area (Å²) < 4.78 is 42.7. The number of ketones is 1. The van der Waals surface area contributed by atoms with Crippen molar-refractivity contribution in [3.8, 4) is 5.69 Å². The molecule has 0 fully saturated rings. The van der Waals surface area contributed by atoms with Gasteiger partial charge in [0.2, 0.25) is 0 Å². The Kier molecular flexibility index (Phi) is 5.83. The molecule has 0 atom stereocenters. The minimum absolute atomic E-state index is 0.0855. The Morgan fingerprint density at radius 3 is 2.25 bits per heavy atom. The minimum atomic E-state index is -3.92. The summed E-state index contributed by atoms with van der Waals surface area (Å²) in [7, 11) is -3.92. The number of carbonyl (C=O) groups excluding carboxylic acids is 1.